The predicted octanol–water partition coefficient (Wildman–Crippen LogP) is 2.00. The monoisotopic (exact) mass is 193 g/mol. The number of hydrogen-bond donors (Lipinski definition) is 0. The van der Waals surface area contributed by atoms with Crippen molar-refractivity contribution in [3.63, 3.8) is 0 Å². The summed E-state index contributed by atoms with van der Waals surface area (Å²) < 4.78 is 4.89. The van der Waals surface area contributed by atoms with E-state index < -0.39 is 0 Å². The molecule has 0 aliphatic carbocycles. The zero-order valence-electron chi connectivity index (χ0n) is 8.62. The summed E-state index contributed by atoms with van der Waals surface area (Å²) in [4.78, 5) is 15.7. The van der Waals surface area contributed by atoms with Gasteiger partial charge in [0.1, 0.15) is 5.69 Å². The molecule has 0 unspecified atom stereocenters. The number of ether oxygens (including phenoxy) is 1. The first-order valence-electron chi connectivity index (χ1n) is 4.69. The molecular weight excluding hydrogens is 178 g/mol. The molecule has 1 aromatic heterocycles. The van der Waals surface area contributed by atoms with E-state index in [1.807, 2.05) is 19.1 Å². The minimum atomic E-state index is 0.0974. The van der Waals surface area contributed by atoms with Crippen LogP contribution in [0.25, 0.3) is 0 Å². The van der Waals surface area contributed by atoms with Crippen LogP contribution >= 0.6 is 0 Å². The Bertz CT molecular complexity index is 310. The standard InChI is InChI=1S/C11H15NO2/c1-9-5-3-7-12-11(9)10(13)6-4-8-14-2/h3,5,7H,4,6,8H2,1-2H3. The van der Waals surface area contributed by atoms with Gasteiger partial charge in [0, 0.05) is 26.3 Å². The fraction of sp³-hybridized carbons (Fsp3) is 0.455. The van der Waals surface area contributed by atoms with E-state index in [0.717, 1.165) is 12.0 Å². The lowest BCUT2D eigenvalue weighted by molar-refractivity contribution is 0.0958. The maximum atomic E-state index is 11.6. The van der Waals surface area contributed by atoms with Crippen LogP contribution in [0.4, 0.5) is 0 Å². The van der Waals surface area contributed by atoms with Gasteiger partial charge in [-0.3, -0.25) is 9.78 Å². The normalized spacial score (nSPS) is 10.1. The Balaban J connectivity index is 2.56. The number of methoxy groups -OCH3 is 1. The third-order valence-corrected chi connectivity index (χ3v) is 2.03. The number of carbonyl (C=O) groups is 1. The molecule has 0 amide bonds. The summed E-state index contributed by atoms with van der Waals surface area (Å²) in [5.74, 6) is 0.0974. The largest absolute Gasteiger partial charge is 0.385 e. The summed E-state index contributed by atoms with van der Waals surface area (Å²) in [5.41, 5.74) is 1.53. The number of aromatic nitrogens is 1. The van der Waals surface area contributed by atoms with E-state index in [-0.39, 0.29) is 5.78 Å². The van der Waals surface area contributed by atoms with Crippen LogP contribution in [0, 0.1) is 6.92 Å². The number of hydrogen-bond acceptors (Lipinski definition) is 3. The van der Waals surface area contributed by atoms with Crippen molar-refractivity contribution in [1.29, 1.82) is 0 Å². The Morgan fingerprint density at radius 2 is 2.36 bits per heavy atom. The third-order valence-electron chi connectivity index (χ3n) is 2.03. The quantitative estimate of drug-likeness (QED) is 0.530. The van der Waals surface area contributed by atoms with Gasteiger partial charge in [-0.05, 0) is 25.0 Å². The van der Waals surface area contributed by atoms with Crippen LogP contribution in [0.2, 0.25) is 0 Å². The maximum Gasteiger partial charge on any atom is 0.181 e. The lowest BCUT2D eigenvalue weighted by Crippen LogP contribution is -2.05. The van der Waals surface area contributed by atoms with Gasteiger partial charge in [0.25, 0.3) is 0 Å². The van der Waals surface area contributed by atoms with Gasteiger partial charge < -0.3 is 4.74 Å². The van der Waals surface area contributed by atoms with Crippen molar-refractivity contribution in [3.8, 4) is 0 Å². The SMILES string of the molecule is COCCCC(=O)c1ncccc1C. The maximum absolute atomic E-state index is 11.6. The molecule has 3 heteroatoms. The molecule has 0 radical (unpaired) electrons. The van der Waals surface area contributed by atoms with Crippen LogP contribution in [-0.4, -0.2) is 24.5 Å². The zero-order valence-corrected chi connectivity index (χ0v) is 8.62. The van der Waals surface area contributed by atoms with E-state index in [1.54, 1.807) is 13.3 Å². The highest BCUT2D eigenvalue weighted by molar-refractivity contribution is 5.95. The Morgan fingerprint density at radius 3 is 3.00 bits per heavy atom. The fourth-order valence-electron chi connectivity index (χ4n) is 1.27. The van der Waals surface area contributed by atoms with Crippen molar-refractivity contribution in [2.75, 3.05) is 13.7 Å². The predicted molar refractivity (Wildman–Crippen MR) is 54.4 cm³/mol. The summed E-state index contributed by atoms with van der Waals surface area (Å²) >= 11 is 0. The number of rotatable bonds is 5. The van der Waals surface area contributed by atoms with Crippen LogP contribution in [0.3, 0.4) is 0 Å². The fourth-order valence-corrected chi connectivity index (χ4v) is 1.27. The van der Waals surface area contributed by atoms with Crippen LogP contribution in [-0.2, 0) is 4.74 Å². The Kier molecular flexibility index (Phi) is 4.26. The second-order valence-electron chi connectivity index (χ2n) is 3.19. The molecular formula is C11H15NO2. The molecule has 1 aromatic rings. The van der Waals surface area contributed by atoms with Gasteiger partial charge in [-0.25, -0.2) is 0 Å². The molecule has 0 fully saturated rings. The van der Waals surface area contributed by atoms with E-state index in [0.29, 0.717) is 18.7 Å². The molecule has 1 heterocycles. The molecule has 76 valence electrons. The van der Waals surface area contributed by atoms with E-state index in [4.69, 9.17) is 4.74 Å². The van der Waals surface area contributed by atoms with Crippen molar-refractivity contribution < 1.29 is 9.53 Å². The van der Waals surface area contributed by atoms with Gasteiger partial charge in [-0.2, -0.15) is 0 Å². The molecule has 0 atom stereocenters. The van der Waals surface area contributed by atoms with Crippen LogP contribution in [0.1, 0.15) is 28.9 Å². The topological polar surface area (TPSA) is 39.2 Å². The van der Waals surface area contributed by atoms with Gasteiger partial charge in [-0.15, -0.1) is 0 Å². The molecule has 1 rings (SSSR count). The first-order valence-corrected chi connectivity index (χ1v) is 4.69. The van der Waals surface area contributed by atoms with Crippen LogP contribution in [0.15, 0.2) is 18.3 Å². The highest BCUT2D eigenvalue weighted by Gasteiger charge is 2.08. The second kappa shape index (κ2) is 5.50. The number of aryl methyl sites for hydroxylation is 1. The Morgan fingerprint density at radius 1 is 1.57 bits per heavy atom. The molecule has 0 spiro atoms. The van der Waals surface area contributed by atoms with Crippen molar-refractivity contribution in [1.82, 2.24) is 4.98 Å². The van der Waals surface area contributed by atoms with Crippen LogP contribution in [0.5, 0.6) is 0 Å². The summed E-state index contributed by atoms with van der Waals surface area (Å²) in [7, 11) is 1.64. The number of nitrogens with zero attached hydrogens (tertiary/aromatic N) is 1. The molecule has 0 aromatic carbocycles. The highest BCUT2D eigenvalue weighted by atomic mass is 16.5. The smallest absolute Gasteiger partial charge is 0.181 e. The second-order valence-corrected chi connectivity index (χ2v) is 3.19. The Hall–Kier alpha value is -1.22. The highest BCUT2D eigenvalue weighted by Crippen LogP contribution is 2.07. The van der Waals surface area contributed by atoms with Crippen LogP contribution < -0.4 is 0 Å². The van der Waals surface area contributed by atoms with Gasteiger partial charge in [0.15, 0.2) is 5.78 Å². The van der Waals surface area contributed by atoms with Gasteiger partial charge in [0.05, 0.1) is 0 Å². The van der Waals surface area contributed by atoms with Crippen molar-refractivity contribution in [2.45, 2.75) is 19.8 Å². The van der Waals surface area contributed by atoms with Crippen molar-refractivity contribution in [3.05, 3.63) is 29.6 Å². The Labute approximate surface area is 84.1 Å². The minimum Gasteiger partial charge on any atom is -0.385 e. The molecule has 0 saturated carbocycles. The molecule has 0 saturated heterocycles. The average Bonchev–Trinajstić information content (AvgIpc) is 2.18. The number of ketones is 1. The van der Waals surface area contributed by atoms with E-state index >= 15 is 0 Å². The first kappa shape index (κ1) is 10.9. The molecule has 0 bridgehead atoms. The van der Waals surface area contributed by atoms with Crippen molar-refractivity contribution in [2.24, 2.45) is 0 Å². The number of Topliss-reactive ketones (excluding diaryl/α,β-unsaturated/α-hetero) is 1. The van der Waals surface area contributed by atoms with Gasteiger partial charge >= 0.3 is 0 Å². The lowest BCUT2D eigenvalue weighted by Gasteiger charge is -2.02. The summed E-state index contributed by atoms with van der Waals surface area (Å²) in [6.45, 7) is 2.52. The molecule has 0 aliphatic rings. The molecule has 0 N–H and O–H groups in total. The first-order chi connectivity index (χ1) is 6.75. The molecule has 3 nitrogen and oxygen atoms in total. The number of pyridine rings is 1. The number of carbonyl (C=O) groups excluding carboxylic acids is 1. The minimum absolute atomic E-state index is 0.0974. The van der Waals surface area contributed by atoms with Gasteiger partial charge in [-0.1, -0.05) is 6.07 Å². The molecule has 14 heavy (non-hydrogen) atoms. The third kappa shape index (κ3) is 2.92. The zero-order chi connectivity index (χ0) is 10.4. The van der Waals surface area contributed by atoms with Gasteiger partial charge in [0.2, 0.25) is 0 Å². The van der Waals surface area contributed by atoms with Crippen molar-refractivity contribution >= 4 is 5.78 Å². The summed E-state index contributed by atoms with van der Waals surface area (Å²) in [6, 6.07) is 3.73. The lowest BCUT2D eigenvalue weighted by atomic mass is 10.1. The summed E-state index contributed by atoms with van der Waals surface area (Å²) in [6.07, 6.45) is 2.91. The van der Waals surface area contributed by atoms with E-state index in [2.05, 4.69) is 4.98 Å². The van der Waals surface area contributed by atoms with E-state index in [1.165, 1.54) is 0 Å². The van der Waals surface area contributed by atoms with E-state index in [9.17, 15) is 4.79 Å². The average molecular weight is 193 g/mol. The summed E-state index contributed by atoms with van der Waals surface area (Å²) in [5, 5.41) is 0. The molecule has 0 aliphatic heterocycles.